The van der Waals surface area contributed by atoms with E-state index in [1.807, 2.05) is 60.7 Å². The Bertz CT molecular complexity index is 822. The summed E-state index contributed by atoms with van der Waals surface area (Å²) in [4.78, 5) is 14.7. The summed E-state index contributed by atoms with van der Waals surface area (Å²) in [7, 11) is 0. The van der Waals surface area contributed by atoms with E-state index in [0.717, 1.165) is 11.1 Å². The van der Waals surface area contributed by atoms with Gasteiger partial charge in [-0.3, -0.25) is 4.90 Å². The zero-order valence-corrected chi connectivity index (χ0v) is 18.6. The predicted octanol–water partition coefficient (Wildman–Crippen LogP) is 3.12. The van der Waals surface area contributed by atoms with Gasteiger partial charge in [0.15, 0.2) is 0 Å². The molecule has 2 aromatic carbocycles. The molecule has 1 saturated heterocycles. The molecule has 1 aliphatic rings. The maximum absolute atomic E-state index is 12.6. The van der Waals surface area contributed by atoms with Crippen LogP contribution in [0.3, 0.4) is 0 Å². The highest BCUT2D eigenvalue weighted by Crippen LogP contribution is 2.30. The summed E-state index contributed by atoms with van der Waals surface area (Å²) in [5.74, 6) is 0. The number of β-amino-alcohol motifs (C(OH)–C–C–N with tert-alkyl or cyclic N) is 1. The molecule has 0 unspecified atom stereocenters. The topological polar surface area (TPSA) is 82.0 Å². The number of amides is 1. The fourth-order valence-electron chi connectivity index (χ4n) is 4.25. The van der Waals surface area contributed by atoms with E-state index in [9.17, 15) is 15.0 Å². The molecule has 1 aliphatic heterocycles. The Hall–Kier alpha value is -2.41. The van der Waals surface area contributed by atoms with E-state index in [4.69, 9.17) is 4.74 Å². The lowest BCUT2D eigenvalue weighted by Gasteiger charge is -2.40. The van der Waals surface area contributed by atoms with Gasteiger partial charge in [0.1, 0.15) is 6.61 Å². The monoisotopic (exact) mass is 426 g/mol. The number of alkyl carbamates (subject to hydrolysis) is 1. The largest absolute Gasteiger partial charge is 0.445 e. The summed E-state index contributed by atoms with van der Waals surface area (Å²) in [5.41, 5.74) is 1.69. The van der Waals surface area contributed by atoms with Gasteiger partial charge in [0.2, 0.25) is 0 Å². The van der Waals surface area contributed by atoms with Crippen LogP contribution in [0.25, 0.3) is 0 Å². The van der Waals surface area contributed by atoms with Gasteiger partial charge in [-0.2, -0.15) is 0 Å². The minimum Gasteiger partial charge on any atom is -0.445 e. The summed E-state index contributed by atoms with van der Waals surface area (Å²) < 4.78 is 5.40. The summed E-state index contributed by atoms with van der Waals surface area (Å²) in [6.45, 7) is 6.87. The van der Waals surface area contributed by atoms with E-state index in [1.54, 1.807) is 0 Å². The van der Waals surface area contributed by atoms with Crippen molar-refractivity contribution >= 4 is 6.09 Å². The van der Waals surface area contributed by atoms with Crippen LogP contribution in [0.2, 0.25) is 0 Å². The minimum absolute atomic E-state index is 0.164. The molecule has 0 aromatic heterocycles. The Morgan fingerprint density at radius 3 is 2.26 bits per heavy atom. The number of likely N-dealkylation sites (tertiary alicyclic amines) is 1. The van der Waals surface area contributed by atoms with Crippen LogP contribution >= 0.6 is 0 Å². The van der Waals surface area contributed by atoms with Gasteiger partial charge in [-0.15, -0.1) is 0 Å². The van der Waals surface area contributed by atoms with Crippen LogP contribution in [-0.2, 0) is 17.8 Å². The Morgan fingerprint density at radius 1 is 1.10 bits per heavy atom. The third-order valence-electron chi connectivity index (χ3n) is 5.80. The fourth-order valence-corrected chi connectivity index (χ4v) is 4.25. The highest BCUT2D eigenvalue weighted by molar-refractivity contribution is 5.67. The van der Waals surface area contributed by atoms with E-state index >= 15 is 0 Å². The van der Waals surface area contributed by atoms with E-state index in [-0.39, 0.29) is 18.2 Å². The molecule has 31 heavy (non-hydrogen) atoms. The number of ether oxygens (including phenoxy) is 1. The van der Waals surface area contributed by atoms with Crippen molar-refractivity contribution in [3.63, 3.8) is 0 Å². The Kier molecular flexibility index (Phi) is 7.70. The van der Waals surface area contributed by atoms with Crippen molar-refractivity contribution in [3.05, 3.63) is 71.8 Å². The molecule has 168 valence electrons. The number of aliphatic hydroxyl groups is 2. The highest BCUT2D eigenvalue weighted by atomic mass is 16.5. The molecule has 2 aromatic rings. The summed E-state index contributed by atoms with van der Waals surface area (Å²) in [5, 5.41) is 24.5. The number of hydrogen-bond donors (Lipinski definition) is 3. The van der Waals surface area contributed by atoms with Crippen LogP contribution in [0.5, 0.6) is 0 Å². The fraction of sp³-hybridized carbons (Fsp3) is 0.480. The third kappa shape index (κ3) is 6.53. The zero-order chi connectivity index (χ0) is 22.4. The van der Waals surface area contributed by atoms with Crippen molar-refractivity contribution in [2.75, 3.05) is 6.54 Å². The lowest BCUT2D eigenvalue weighted by Crippen LogP contribution is -2.56. The SMILES string of the molecule is CC(C)(C)N1C[C@H](O)C[C@@H]1[C@@H](O)[C@H](Cc1ccccc1)NC(=O)OCc1ccccc1. The molecule has 1 heterocycles. The second kappa shape index (κ2) is 10.3. The van der Waals surface area contributed by atoms with Crippen molar-refractivity contribution in [2.45, 2.75) is 70.1 Å². The molecular formula is C25H34N2O4. The molecule has 3 rings (SSSR count). The van der Waals surface area contributed by atoms with Crippen molar-refractivity contribution < 1.29 is 19.7 Å². The first-order valence-corrected chi connectivity index (χ1v) is 10.9. The highest BCUT2D eigenvalue weighted by Gasteiger charge is 2.43. The van der Waals surface area contributed by atoms with E-state index < -0.39 is 24.3 Å². The lowest BCUT2D eigenvalue weighted by molar-refractivity contribution is 0.00482. The quantitative estimate of drug-likeness (QED) is 0.634. The smallest absolute Gasteiger partial charge is 0.407 e. The molecule has 3 N–H and O–H groups in total. The first-order valence-electron chi connectivity index (χ1n) is 10.9. The van der Waals surface area contributed by atoms with Crippen LogP contribution < -0.4 is 5.32 Å². The van der Waals surface area contributed by atoms with Gasteiger partial charge in [-0.25, -0.2) is 4.79 Å². The van der Waals surface area contributed by atoms with Gasteiger partial charge in [0.25, 0.3) is 0 Å². The van der Waals surface area contributed by atoms with E-state index in [0.29, 0.717) is 19.4 Å². The first kappa shape index (κ1) is 23.3. The lowest BCUT2D eigenvalue weighted by atomic mass is 9.93. The van der Waals surface area contributed by atoms with Crippen LogP contribution in [0.1, 0.15) is 38.3 Å². The average Bonchev–Trinajstić information content (AvgIpc) is 3.15. The van der Waals surface area contributed by atoms with Crippen LogP contribution in [0.4, 0.5) is 4.79 Å². The molecule has 0 aliphatic carbocycles. The van der Waals surface area contributed by atoms with Crippen molar-refractivity contribution in [1.29, 1.82) is 0 Å². The molecule has 4 atom stereocenters. The van der Waals surface area contributed by atoms with Gasteiger partial charge >= 0.3 is 6.09 Å². The predicted molar refractivity (Wildman–Crippen MR) is 121 cm³/mol. The van der Waals surface area contributed by atoms with Crippen molar-refractivity contribution in [3.8, 4) is 0 Å². The van der Waals surface area contributed by atoms with Gasteiger partial charge in [-0.05, 0) is 44.7 Å². The second-order valence-electron chi connectivity index (χ2n) is 9.27. The van der Waals surface area contributed by atoms with Gasteiger partial charge in [-0.1, -0.05) is 60.7 Å². The number of nitrogens with one attached hydrogen (secondary N) is 1. The number of nitrogens with zero attached hydrogens (tertiary/aromatic N) is 1. The van der Waals surface area contributed by atoms with Crippen LogP contribution in [0.15, 0.2) is 60.7 Å². The minimum atomic E-state index is -0.860. The summed E-state index contributed by atoms with van der Waals surface area (Å²) in [6.07, 6.45) is -0.996. The van der Waals surface area contributed by atoms with Crippen LogP contribution in [-0.4, -0.2) is 57.6 Å². The van der Waals surface area contributed by atoms with Gasteiger partial charge in [0.05, 0.1) is 18.2 Å². The number of carbonyl (C=O) groups is 1. The molecule has 6 heteroatoms. The van der Waals surface area contributed by atoms with Gasteiger partial charge in [0, 0.05) is 18.1 Å². The molecule has 6 nitrogen and oxygen atoms in total. The van der Waals surface area contributed by atoms with Crippen molar-refractivity contribution in [2.24, 2.45) is 0 Å². The molecule has 0 spiro atoms. The molecular weight excluding hydrogens is 392 g/mol. The molecule has 1 amide bonds. The molecule has 0 bridgehead atoms. The number of rotatable bonds is 7. The van der Waals surface area contributed by atoms with E-state index in [2.05, 4.69) is 31.0 Å². The van der Waals surface area contributed by atoms with Crippen molar-refractivity contribution in [1.82, 2.24) is 10.2 Å². The Balaban J connectivity index is 1.73. The number of aliphatic hydroxyl groups excluding tert-OH is 2. The number of carbonyl (C=O) groups excluding carboxylic acids is 1. The van der Waals surface area contributed by atoms with E-state index in [1.165, 1.54) is 0 Å². The third-order valence-corrected chi connectivity index (χ3v) is 5.80. The molecule has 0 radical (unpaired) electrons. The number of benzene rings is 2. The Morgan fingerprint density at radius 2 is 1.68 bits per heavy atom. The Labute approximate surface area is 184 Å². The summed E-state index contributed by atoms with van der Waals surface area (Å²) >= 11 is 0. The molecule has 1 fully saturated rings. The zero-order valence-electron chi connectivity index (χ0n) is 18.6. The summed E-state index contributed by atoms with van der Waals surface area (Å²) in [6, 6.07) is 18.4. The molecule has 0 saturated carbocycles. The average molecular weight is 427 g/mol. The van der Waals surface area contributed by atoms with Crippen LogP contribution in [0, 0.1) is 0 Å². The normalized spacial score (nSPS) is 21.5. The number of hydrogen-bond acceptors (Lipinski definition) is 5. The maximum Gasteiger partial charge on any atom is 0.407 e. The first-order chi connectivity index (χ1) is 14.7. The van der Waals surface area contributed by atoms with Gasteiger partial charge < -0.3 is 20.3 Å². The second-order valence-corrected chi connectivity index (χ2v) is 9.27. The standard InChI is InChI=1S/C25H34N2O4/c1-25(2,3)27-16-20(28)15-22(27)23(29)21(14-18-10-6-4-7-11-18)26-24(30)31-17-19-12-8-5-9-13-19/h4-13,20-23,28-29H,14-17H2,1-3H3,(H,26,30)/t20-,21+,22-,23+/m1/s1. The maximum atomic E-state index is 12.6.